The molecule has 1 heterocycles. The molecule has 0 aromatic heterocycles. The first-order chi connectivity index (χ1) is 11.6. The third kappa shape index (κ3) is 4.04. The van der Waals surface area contributed by atoms with Gasteiger partial charge in [0.2, 0.25) is 6.79 Å². The van der Waals surface area contributed by atoms with Crippen LogP contribution in [-0.2, 0) is 11.2 Å². The fourth-order valence-corrected chi connectivity index (χ4v) is 3.69. The number of fused-ring (bicyclic) bond motifs is 1. The minimum Gasteiger partial charge on any atom is -0.454 e. The topological polar surface area (TPSA) is 47.9 Å². The quantitative estimate of drug-likeness (QED) is 0.609. The van der Waals surface area contributed by atoms with E-state index in [9.17, 15) is 5.11 Å². The van der Waals surface area contributed by atoms with Crippen LogP contribution in [0.2, 0.25) is 0 Å². The number of hydrogen-bond acceptors (Lipinski definition) is 5. The van der Waals surface area contributed by atoms with Gasteiger partial charge in [0.05, 0.1) is 5.60 Å². The maximum Gasteiger partial charge on any atom is 0.231 e. The monoisotopic (exact) mass is 346 g/mol. The largest absolute Gasteiger partial charge is 0.454 e. The first-order valence-corrected chi connectivity index (χ1v) is 8.82. The van der Waals surface area contributed by atoms with Gasteiger partial charge in [0.25, 0.3) is 0 Å². The van der Waals surface area contributed by atoms with E-state index in [0.717, 1.165) is 28.4 Å². The van der Waals surface area contributed by atoms with Crippen molar-refractivity contribution in [3.05, 3.63) is 54.1 Å². The van der Waals surface area contributed by atoms with Gasteiger partial charge in [0.15, 0.2) is 11.5 Å². The van der Waals surface area contributed by atoms with Crippen molar-refractivity contribution >= 4 is 11.8 Å². The van der Waals surface area contributed by atoms with E-state index in [1.807, 2.05) is 55.5 Å². The Morgan fingerprint density at radius 3 is 2.67 bits per heavy atom. The first-order valence-electron chi connectivity index (χ1n) is 7.94. The van der Waals surface area contributed by atoms with Crippen molar-refractivity contribution < 1.29 is 19.3 Å². The summed E-state index contributed by atoms with van der Waals surface area (Å²) < 4.78 is 16.3. The van der Waals surface area contributed by atoms with Crippen LogP contribution >= 0.6 is 11.8 Å². The number of thioether (sulfide) groups is 1. The Kier molecular flexibility index (Phi) is 5.33. The SMILES string of the molecule is COC(Sc1ccccc1)C(C)(O)CCc1ccc2c(c1)OCO2. The number of hydrogen-bond donors (Lipinski definition) is 1. The predicted molar refractivity (Wildman–Crippen MR) is 94.6 cm³/mol. The summed E-state index contributed by atoms with van der Waals surface area (Å²) in [4.78, 5) is 1.08. The van der Waals surface area contributed by atoms with Crippen molar-refractivity contribution in [2.24, 2.45) is 0 Å². The second kappa shape index (κ2) is 7.47. The van der Waals surface area contributed by atoms with E-state index < -0.39 is 5.60 Å². The molecule has 2 unspecified atom stereocenters. The zero-order chi connectivity index (χ0) is 17.0. The van der Waals surface area contributed by atoms with E-state index in [0.29, 0.717) is 6.42 Å². The minimum atomic E-state index is -0.953. The van der Waals surface area contributed by atoms with Crippen molar-refractivity contribution in [2.75, 3.05) is 13.9 Å². The molecule has 0 aliphatic carbocycles. The molecule has 3 rings (SSSR count). The Bertz CT molecular complexity index is 672. The van der Waals surface area contributed by atoms with E-state index in [-0.39, 0.29) is 12.2 Å². The van der Waals surface area contributed by atoms with Gasteiger partial charge in [0, 0.05) is 12.0 Å². The third-order valence-corrected chi connectivity index (χ3v) is 5.52. The molecule has 128 valence electrons. The van der Waals surface area contributed by atoms with E-state index in [4.69, 9.17) is 14.2 Å². The van der Waals surface area contributed by atoms with Crippen molar-refractivity contribution in [3.63, 3.8) is 0 Å². The van der Waals surface area contributed by atoms with E-state index in [1.165, 1.54) is 11.8 Å². The first kappa shape index (κ1) is 17.1. The normalized spacial score (nSPS) is 16.6. The summed E-state index contributed by atoms with van der Waals surface area (Å²) in [7, 11) is 1.63. The van der Waals surface area contributed by atoms with Gasteiger partial charge in [-0.05, 0) is 49.6 Å². The second-order valence-corrected chi connectivity index (χ2v) is 7.18. The summed E-state index contributed by atoms with van der Waals surface area (Å²) in [5.74, 6) is 1.55. The van der Waals surface area contributed by atoms with E-state index in [1.54, 1.807) is 7.11 Å². The number of ether oxygens (including phenoxy) is 3. The highest BCUT2D eigenvalue weighted by atomic mass is 32.2. The van der Waals surface area contributed by atoms with Gasteiger partial charge in [-0.15, -0.1) is 0 Å². The molecule has 1 aliphatic rings. The molecule has 5 heteroatoms. The molecule has 0 saturated heterocycles. The van der Waals surface area contributed by atoms with Crippen LogP contribution in [0, 0.1) is 0 Å². The van der Waals surface area contributed by atoms with Crippen LogP contribution in [0.3, 0.4) is 0 Å². The molecular formula is C19H22O4S. The molecule has 0 saturated carbocycles. The van der Waals surface area contributed by atoms with Crippen LogP contribution in [0.25, 0.3) is 0 Å². The Morgan fingerprint density at radius 1 is 1.17 bits per heavy atom. The molecule has 0 bridgehead atoms. The summed E-state index contributed by atoms with van der Waals surface area (Å²) in [6.07, 6.45) is 1.32. The van der Waals surface area contributed by atoms with Crippen LogP contribution in [0.15, 0.2) is 53.4 Å². The lowest BCUT2D eigenvalue weighted by molar-refractivity contribution is -0.0415. The van der Waals surface area contributed by atoms with E-state index in [2.05, 4.69) is 0 Å². The van der Waals surface area contributed by atoms with Crippen molar-refractivity contribution in [1.29, 1.82) is 0 Å². The van der Waals surface area contributed by atoms with Crippen LogP contribution in [0.4, 0.5) is 0 Å². The maximum atomic E-state index is 10.9. The molecule has 4 nitrogen and oxygen atoms in total. The van der Waals surface area contributed by atoms with Crippen LogP contribution in [0.5, 0.6) is 11.5 Å². The molecule has 0 spiro atoms. The molecule has 0 fully saturated rings. The molecule has 0 amide bonds. The van der Waals surface area contributed by atoms with E-state index >= 15 is 0 Å². The summed E-state index contributed by atoms with van der Waals surface area (Å²) in [5, 5.41) is 10.9. The van der Waals surface area contributed by atoms with Crippen LogP contribution in [0.1, 0.15) is 18.9 Å². The van der Waals surface area contributed by atoms with Gasteiger partial charge in [-0.1, -0.05) is 36.0 Å². The zero-order valence-electron chi connectivity index (χ0n) is 13.9. The van der Waals surface area contributed by atoms with Crippen LogP contribution < -0.4 is 9.47 Å². The molecular weight excluding hydrogens is 324 g/mol. The van der Waals surface area contributed by atoms with Crippen molar-refractivity contribution in [1.82, 2.24) is 0 Å². The lowest BCUT2D eigenvalue weighted by Crippen LogP contribution is -2.38. The Morgan fingerprint density at radius 2 is 1.92 bits per heavy atom. The standard InChI is InChI=1S/C19H22O4S/c1-19(20,18(21-2)24-15-6-4-3-5-7-15)11-10-14-8-9-16-17(12-14)23-13-22-16/h3-9,12,18,20H,10-11,13H2,1-2H3. The average molecular weight is 346 g/mol. The summed E-state index contributed by atoms with van der Waals surface area (Å²) in [6, 6.07) is 15.9. The average Bonchev–Trinajstić information content (AvgIpc) is 3.06. The summed E-state index contributed by atoms with van der Waals surface area (Å²) in [5.41, 5.74) is -0.181. The van der Waals surface area contributed by atoms with Gasteiger partial charge in [-0.25, -0.2) is 0 Å². The molecule has 1 aliphatic heterocycles. The van der Waals surface area contributed by atoms with Gasteiger partial charge in [-0.3, -0.25) is 0 Å². The lowest BCUT2D eigenvalue weighted by atomic mass is 9.97. The van der Waals surface area contributed by atoms with Crippen LogP contribution in [-0.4, -0.2) is 30.0 Å². The molecule has 2 aromatic carbocycles. The lowest BCUT2D eigenvalue weighted by Gasteiger charge is -2.31. The van der Waals surface area contributed by atoms with Gasteiger partial charge >= 0.3 is 0 Å². The molecule has 2 atom stereocenters. The van der Waals surface area contributed by atoms with Crippen molar-refractivity contribution in [3.8, 4) is 11.5 Å². The summed E-state index contributed by atoms with van der Waals surface area (Å²) in [6.45, 7) is 2.10. The van der Waals surface area contributed by atoms with Gasteiger partial charge in [-0.2, -0.15) is 0 Å². The number of methoxy groups -OCH3 is 1. The number of aliphatic hydroxyl groups is 1. The maximum absolute atomic E-state index is 10.9. The molecule has 2 aromatic rings. The number of rotatable bonds is 7. The Balaban J connectivity index is 1.63. The zero-order valence-corrected chi connectivity index (χ0v) is 14.7. The fourth-order valence-electron chi connectivity index (χ4n) is 2.66. The summed E-state index contributed by atoms with van der Waals surface area (Å²) >= 11 is 1.53. The Labute approximate surface area is 146 Å². The minimum absolute atomic E-state index is 0.274. The van der Waals surface area contributed by atoms with Crippen molar-refractivity contribution in [2.45, 2.75) is 35.7 Å². The fraction of sp³-hybridized carbons (Fsp3) is 0.368. The van der Waals surface area contributed by atoms with Gasteiger partial charge < -0.3 is 19.3 Å². The second-order valence-electron chi connectivity index (χ2n) is 6.04. The Hall–Kier alpha value is -1.69. The molecule has 24 heavy (non-hydrogen) atoms. The predicted octanol–water partition coefficient (Wildman–Crippen LogP) is 3.86. The highest BCUT2D eigenvalue weighted by Crippen LogP contribution is 2.35. The molecule has 0 radical (unpaired) electrons. The van der Waals surface area contributed by atoms with Gasteiger partial charge in [0.1, 0.15) is 5.44 Å². The number of benzene rings is 2. The number of aryl methyl sites for hydroxylation is 1. The third-order valence-electron chi connectivity index (χ3n) is 4.06. The molecule has 1 N–H and O–H groups in total. The smallest absolute Gasteiger partial charge is 0.231 e. The highest BCUT2D eigenvalue weighted by Gasteiger charge is 2.32. The highest BCUT2D eigenvalue weighted by molar-refractivity contribution is 7.99.